The molecule has 0 saturated carbocycles. The van der Waals surface area contributed by atoms with Gasteiger partial charge in [-0.3, -0.25) is 0 Å². The molecule has 0 N–H and O–H groups in total. The summed E-state index contributed by atoms with van der Waals surface area (Å²) >= 11 is 0. The lowest BCUT2D eigenvalue weighted by Crippen LogP contribution is -2.15. The molecule has 2 heterocycles. The van der Waals surface area contributed by atoms with E-state index in [9.17, 15) is 0 Å². The van der Waals surface area contributed by atoms with E-state index in [1.54, 1.807) is 6.07 Å². The molecule has 2 nitrogen and oxygen atoms in total. The van der Waals surface area contributed by atoms with Crippen molar-refractivity contribution >= 4 is 43.5 Å². The van der Waals surface area contributed by atoms with Gasteiger partial charge in [-0.15, -0.1) is 0 Å². The predicted octanol–water partition coefficient (Wildman–Crippen LogP) is 10.2. The molecule has 0 bridgehead atoms. The molecule has 1 aliphatic heterocycles. The Bertz CT molecular complexity index is 2890. The third-order valence-electron chi connectivity index (χ3n) is 7.62. The van der Waals surface area contributed by atoms with Crippen LogP contribution in [-0.4, -0.2) is 6.10 Å². The molecule has 9 rings (SSSR count). The molecule has 1 aromatic heterocycles. The fraction of sp³-hybridized carbons (Fsp3) is 0.0526. The maximum atomic E-state index is 9.14. The maximum Gasteiger partial charge on any atom is 0.139 e. The molecule has 0 fully saturated rings. The quantitative estimate of drug-likeness (QED) is 0.209. The van der Waals surface area contributed by atoms with Crippen LogP contribution in [0, 0.1) is 0 Å². The van der Waals surface area contributed by atoms with E-state index in [1.165, 1.54) is 42.5 Å². The van der Waals surface area contributed by atoms with Gasteiger partial charge in [-0.25, -0.2) is 0 Å². The van der Waals surface area contributed by atoms with Crippen molar-refractivity contribution in [3.8, 4) is 28.0 Å². The minimum Gasteiger partial charge on any atom is -0.484 e. The number of ether oxygens (including phenoxy) is 1. The molecule has 1 aliphatic carbocycles. The van der Waals surface area contributed by atoms with Crippen LogP contribution < -0.4 is 4.74 Å². The van der Waals surface area contributed by atoms with Gasteiger partial charge in [0.15, 0.2) is 0 Å². The first-order chi connectivity index (χ1) is 25.6. The second-order valence-corrected chi connectivity index (χ2v) is 9.70. The Morgan fingerprint density at radius 2 is 1.23 bits per heavy atom. The smallest absolute Gasteiger partial charge is 0.139 e. The van der Waals surface area contributed by atoms with E-state index in [1.807, 2.05) is 0 Å². The van der Waals surface area contributed by atoms with Crippen molar-refractivity contribution in [1.82, 2.24) is 0 Å². The van der Waals surface area contributed by atoms with E-state index in [-0.39, 0.29) is 100 Å². The summed E-state index contributed by atoms with van der Waals surface area (Å²) in [5, 5.41) is 2.21. The lowest BCUT2D eigenvalue weighted by molar-refractivity contribution is 0.271. The van der Waals surface area contributed by atoms with Crippen LogP contribution in [0.1, 0.15) is 30.7 Å². The standard InChI is InChI=1S/C38H24O2/c1-2-10-23(11-3-1)35-26-13-4-6-15-28(26)36(29-16-7-5-14-27(29)35)24-18-20-33-31(22-24)37-34(39-33)21-19-30-25-12-8-9-17-32(25)40-38(30)37/h1-22,25,32H/i1D,2D,3D,4D,5D,6D,7D,8D,9D,12D,17D,19D,20D,21D. The molecule has 2 heteroatoms. The van der Waals surface area contributed by atoms with E-state index < -0.39 is 24.1 Å². The van der Waals surface area contributed by atoms with Crippen LogP contribution in [0.2, 0.25) is 0 Å². The molecular formula is C38H24O2. The lowest BCUT2D eigenvalue weighted by atomic mass is 9.85. The number of hydrogen-bond donors (Lipinski definition) is 0. The van der Waals surface area contributed by atoms with Gasteiger partial charge in [-0.2, -0.15) is 0 Å². The number of allylic oxidation sites excluding steroid dienone is 2. The van der Waals surface area contributed by atoms with Gasteiger partial charge >= 0.3 is 0 Å². The van der Waals surface area contributed by atoms with E-state index in [0.717, 1.165) is 0 Å². The molecule has 188 valence electrons. The maximum absolute atomic E-state index is 9.14. The molecule has 0 saturated heterocycles. The van der Waals surface area contributed by atoms with E-state index in [2.05, 4.69) is 0 Å². The topological polar surface area (TPSA) is 22.4 Å². The largest absolute Gasteiger partial charge is 0.484 e. The van der Waals surface area contributed by atoms with Gasteiger partial charge < -0.3 is 9.15 Å². The van der Waals surface area contributed by atoms with Crippen molar-refractivity contribution < 1.29 is 28.3 Å². The number of benzene rings is 6. The van der Waals surface area contributed by atoms with Crippen LogP contribution in [0.5, 0.6) is 5.75 Å². The average Bonchev–Trinajstić information content (AvgIpc) is 3.72. The Hall–Kier alpha value is -5.08. The van der Waals surface area contributed by atoms with Crippen molar-refractivity contribution in [3.63, 3.8) is 0 Å². The number of hydrogen-bond acceptors (Lipinski definition) is 2. The van der Waals surface area contributed by atoms with Gasteiger partial charge in [0.25, 0.3) is 0 Å². The van der Waals surface area contributed by atoms with Gasteiger partial charge in [0.1, 0.15) is 23.0 Å². The predicted molar refractivity (Wildman–Crippen MR) is 165 cm³/mol. The monoisotopic (exact) mass is 526 g/mol. The SMILES string of the molecule is [2H]C1=C([2H])C2Oc3c(c([2H])c([2H])c4oc5c([2H])cc(-c6c7cc([2H])c([2H])cc7c(-c7cc([2H])c([2H])c([2H])c7)c7cc([2H])c([2H])cc67)cc5c34)C2C([2H])=C1[2H]. The molecule has 0 radical (unpaired) electrons. The van der Waals surface area contributed by atoms with Crippen molar-refractivity contribution in [3.05, 3.63) is 139 Å². The molecule has 2 aliphatic rings. The van der Waals surface area contributed by atoms with Crippen LogP contribution in [0.25, 0.3) is 65.7 Å². The first kappa shape index (κ1) is 12.4. The first-order valence-corrected chi connectivity index (χ1v) is 12.7. The summed E-state index contributed by atoms with van der Waals surface area (Å²) in [6.45, 7) is 0. The molecule has 6 aromatic carbocycles. The van der Waals surface area contributed by atoms with Gasteiger partial charge in [0, 0.05) is 16.9 Å². The van der Waals surface area contributed by atoms with E-state index in [4.69, 9.17) is 28.3 Å². The number of furan rings is 1. The Kier molecular flexibility index (Phi) is 2.54. The Labute approximate surface area is 251 Å². The molecule has 7 aromatic rings. The molecule has 0 spiro atoms. The van der Waals surface area contributed by atoms with E-state index in [0.29, 0.717) is 49.2 Å². The Morgan fingerprint density at radius 1 is 0.575 bits per heavy atom. The zero-order chi connectivity index (χ0) is 38.4. The zero-order valence-electron chi connectivity index (χ0n) is 34.6. The van der Waals surface area contributed by atoms with Crippen LogP contribution >= 0.6 is 0 Å². The van der Waals surface area contributed by atoms with Crippen molar-refractivity contribution in [1.29, 1.82) is 0 Å². The summed E-state index contributed by atoms with van der Waals surface area (Å²) < 4.78 is 132. The zero-order valence-corrected chi connectivity index (χ0v) is 20.6. The Morgan fingerprint density at radius 3 is 1.95 bits per heavy atom. The summed E-state index contributed by atoms with van der Waals surface area (Å²) in [6, 6.07) is 8.40. The third kappa shape index (κ3) is 2.99. The molecule has 2 unspecified atom stereocenters. The van der Waals surface area contributed by atoms with Crippen LogP contribution in [-0.2, 0) is 0 Å². The van der Waals surface area contributed by atoms with Crippen molar-refractivity contribution in [2.24, 2.45) is 0 Å². The highest BCUT2D eigenvalue weighted by atomic mass is 16.5. The van der Waals surface area contributed by atoms with Crippen molar-refractivity contribution in [2.75, 3.05) is 0 Å². The Balaban J connectivity index is 1.42. The highest BCUT2D eigenvalue weighted by Gasteiger charge is 2.34. The minimum absolute atomic E-state index is 0.0492. The fourth-order valence-corrected chi connectivity index (χ4v) is 5.93. The molecule has 40 heavy (non-hydrogen) atoms. The molecular weight excluding hydrogens is 488 g/mol. The second-order valence-electron chi connectivity index (χ2n) is 9.70. The molecule has 0 amide bonds. The van der Waals surface area contributed by atoms with Crippen LogP contribution in [0.15, 0.2) is 138 Å². The lowest BCUT2D eigenvalue weighted by Gasteiger charge is -2.17. The fourth-order valence-electron chi connectivity index (χ4n) is 5.93. The first-order valence-electron chi connectivity index (χ1n) is 19.7. The third-order valence-corrected chi connectivity index (χ3v) is 7.62. The summed E-state index contributed by atoms with van der Waals surface area (Å²) in [7, 11) is 0. The van der Waals surface area contributed by atoms with Gasteiger partial charge in [0.2, 0.25) is 0 Å². The van der Waals surface area contributed by atoms with Gasteiger partial charge in [-0.1, -0.05) is 109 Å². The molecule has 2 atom stereocenters. The number of fused-ring (bicyclic) bond motifs is 9. The van der Waals surface area contributed by atoms with E-state index >= 15 is 0 Å². The second kappa shape index (κ2) is 8.21. The van der Waals surface area contributed by atoms with Crippen molar-refractivity contribution in [2.45, 2.75) is 12.0 Å². The summed E-state index contributed by atoms with van der Waals surface area (Å²) in [5.74, 6) is -1.03. The van der Waals surface area contributed by atoms with Gasteiger partial charge in [0.05, 0.1) is 24.6 Å². The minimum atomic E-state index is -1.19. The van der Waals surface area contributed by atoms with Crippen LogP contribution in [0.3, 0.4) is 0 Å². The van der Waals surface area contributed by atoms with Gasteiger partial charge in [-0.05, 0) is 68.0 Å². The average molecular weight is 527 g/mol. The number of rotatable bonds is 2. The van der Waals surface area contributed by atoms with Crippen LogP contribution in [0.4, 0.5) is 0 Å². The summed E-state index contributed by atoms with van der Waals surface area (Å²) in [5.41, 5.74) is 1.72. The normalized spacial score (nSPS) is 23.4. The summed E-state index contributed by atoms with van der Waals surface area (Å²) in [6.07, 6.45) is -1.19. The highest BCUT2D eigenvalue weighted by molar-refractivity contribution is 6.22. The highest BCUT2D eigenvalue weighted by Crippen LogP contribution is 2.49. The summed E-state index contributed by atoms with van der Waals surface area (Å²) in [4.78, 5) is 0.